The number of carbonyl (C=O) groups is 2. The van der Waals surface area contributed by atoms with Gasteiger partial charge in [-0.1, -0.05) is 19.3 Å². The third kappa shape index (κ3) is 4.08. The molecule has 0 aromatic carbocycles. The topological polar surface area (TPSA) is 115 Å². The summed E-state index contributed by atoms with van der Waals surface area (Å²) < 4.78 is 0. The van der Waals surface area contributed by atoms with Crippen LogP contribution in [0.3, 0.4) is 0 Å². The zero-order valence-electron chi connectivity index (χ0n) is 18.3. The molecular formula is C23H30N6O3. The first-order valence-electron chi connectivity index (χ1n) is 11.8. The minimum Gasteiger partial charge on any atom is -0.338 e. The Bertz CT molecular complexity index is 1040. The summed E-state index contributed by atoms with van der Waals surface area (Å²) >= 11 is 0. The van der Waals surface area contributed by atoms with Crippen molar-refractivity contribution in [1.29, 1.82) is 0 Å². The van der Waals surface area contributed by atoms with Crippen molar-refractivity contribution in [3.63, 3.8) is 0 Å². The molecule has 1 saturated heterocycles. The summed E-state index contributed by atoms with van der Waals surface area (Å²) in [6, 6.07) is 1.40. The lowest BCUT2D eigenvalue weighted by molar-refractivity contribution is -0.133. The molecule has 2 N–H and O–H groups in total. The predicted octanol–water partition coefficient (Wildman–Crippen LogP) is 2.33. The molecule has 32 heavy (non-hydrogen) atoms. The van der Waals surface area contributed by atoms with Crippen molar-refractivity contribution in [2.45, 2.75) is 70.4 Å². The first kappa shape index (κ1) is 20.9. The molecule has 1 aliphatic carbocycles. The Labute approximate surface area is 186 Å². The lowest BCUT2D eigenvalue weighted by Gasteiger charge is -2.31. The predicted molar refractivity (Wildman–Crippen MR) is 117 cm³/mol. The maximum absolute atomic E-state index is 13.0. The first-order chi connectivity index (χ1) is 15.6. The van der Waals surface area contributed by atoms with Gasteiger partial charge in [0.05, 0.1) is 23.8 Å². The number of likely N-dealkylation sites (tertiary alicyclic amines) is 1. The minimum atomic E-state index is -0.255. The summed E-state index contributed by atoms with van der Waals surface area (Å²) in [5.74, 6) is 1.04. The summed E-state index contributed by atoms with van der Waals surface area (Å²) in [4.78, 5) is 49.9. The van der Waals surface area contributed by atoms with E-state index in [1.165, 1.54) is 19.3 Å². The zero-order valence-corrected chi connectivity index (χ0v) is 18.3. The van der Waals surface area contributed by atoms with E-state index in [0.29, 0.717) is 55.5 Å². The van der Waals surface area contributed by atoms with E-state index in [1.54, 1.807) is 17.2 Å². The van der Waals surface area contributed by atoms with E-state index in [-0.39, 0.29) is 23.4 Å². The van der Waals surface area contributed by atoms with Gasteiger partial charge in [0.15, 0.2) is 0 Å². The standard InChI is InChI=1S/C23H30N6O3/c30-20(13-15-5-2-1-3-6-15)28-12-9-17-16(14-28)22(31)26-21(25-17)19-7-4-11-29(19)23(32)18-8-10-24-27-18/h8,10,15,19H,1-7,9,11-14H2,(H,24,27)(H,25,26,31)/t19-/m1/s1. The van der Waals surface area contributed by atoms with Crippen LogP contribution in [0.2, 0.25) is 0 Å². The molecule has 9 heteroatoms. The van der Waals surface area contributed by atoms with Crippen molar-refractivity contribution in [3.05, 3.63) is 45.4 Å². The molecule has 1 saturated carbocycles. The molecular weight excluding hydrogens is 408 g/mol. The van der Waals surface area contributed by atoms with Gasteiger partial charge in [-0.2, -0.15) is 5.10 Å². The van der Waals surface area contributed by atoms with Gasteiger partial charge in [-0.25, -0.2) is 4.98 Å². The first-order valence-corrected chi connectivity index (χ1v) is 11.8. The Morgan fingerprint density at radius 1 is 1.09 bits per heavy atom. The maximum atomic E-state index is 13.0. The SMILES string of the molecule is O=C(CC1CCCCC1)N1CCc2nc([C@H]3CCCN3C(=O)c3ccn[nH]3)[nH]c(=O)c2C1. The number of amides is 2. The summed E-state index contributed by atoms with van der Waals surface area (Å²) in [6.45, 7) is 1.54. The van der Waals surface area contributed by atoms with Gasteiger partial charge < -0.3 is 14.8 Å². The van der Waals surface area contributed by atoms with E-state index < -0.39 is 0 Å². The van der Waals surface area contributed by atoms with Crippen LogP contribution in [0.25, 0.3) is 0 Å². The Balaban J connectivity index is 1.31. The monoisotopic (exact) mass is 438 g/mol. The highest BCUT2D eigenvalue weighted by Crippen LogP contribution is 2.32. The van der Waals surface area contributed by atoms with Crippen molar-refractivity contribution in [2.75, 3.05) is 13.1 Å². The number of carbonyl (C=O) groups excluding carboxylic acids is 2. The maximum Gasteiger partial charge on any atom is 0.272 e. The van der Waals surface area contributed by atoms with Gasteiger partial charge in [-0.15, -0.1) is 0 Å². The molecule has 2 aromatic heterocycles. The van der Waals surface area contributed by atoms with Crippen LogP contribution in [-0.4, -0.2) is 54.9 Å². The number of H-pyrrole nitrogens is 2. The van der Waals surface area contributed by atoms with Gasteiger partial charge in [0.2, 0.25) is 5.91 Å². The second-order valence-electron chi connectivity index (χ2n) is 9.28. The molecule has 0 spiro atoms. The second-order valence-corrected chi connectivity index (χ2v) is 9.28. The molecule has 2 aliphatic heterocycles. The van der Waals surface area contributed by atoms with Gasteiger partial charge in [0.1, 0.15) is 11.5 Å². The lowest BCUT2D eigenvalue weighted by Crippen LogP contribution is -2.41. The van der Waals surface area contributed by atoms with E-state index in [4.69, 9.17) is 4.98 Å². The highest BCUT2D eigenvalue weighted by Gasteiger charge is 2.34. The molecule has 0 unspecified atom stereocenters. The van der Waals surface area contributed by atoms with Crippen molar-refractivity contribution in [3.8, 4) is 0 Å². The van der Waals surface area contributed by atoms with E-state index in [2.05, 4.69) is 15.2 Å². The third-order valence-electron chi connectivity index (χ3n) is 7.19. The highest BCUT2D eigenvalue weighted by molar-refractivity contribution is 5.92. The summed E-state index contributed by atoms with van der Waals surface area (Å²) in [7, 11) is 0. The number of hydrogen-bond acceptors (Lipinski definition) is 5. The number of aromatic nitrogens is 4. The van der Waals surface area contributed by atoms with E-state index in [0.717, 1.165) is 31.4 Å². The van der Waals surface area contributed by atoms with Crippen LogP contribution in [0.4, 0.5) is 0 Å². The quantitative estimate of drug-likeness (QED) is 0.760. The Hall–Kier alpha value is -2.97. The van der Waals surface area contributed by atoms with Gasteiger partial charge in [-0.3, -0.25) is 19.5 Å². The molecule has 170 valence electrons. The van der Waals surface area contributed by atoms with Crippen LogP contribution in [0.5, 0.6) is 0 Å². The fourth-order valence-electron chi connectivity index (χ4n) is 5.41. The number of nitrogens with zero attached hydrogens (tertiary/aromatic N) is 4. The average molecular weight is 439 g/mol. The van der Waals surface area contributed by atoms with Gasteiger partial charge in [0, 0.05) is 32.1 Å². The number of hydrogen-bond donors (Lipinski definition) is 2. The smallest absolute Gasteiger partial charge is 0.272 e. The molecule has 9 nitrogen and oxygen atoms in total. The molecule has 0 radical (unpaired) electrons. The fourth-order valence-corrected chi connectivity index (χ4v) is 5.41. The highest BCUT2D eigenvalue weighted by atomic mass is 16.2. The zero-order chi connectivity index (χ0) is 22.1. The van der Waals surface area contributed by atoms with Crippen LogP contribution < -0.4 is 5.56 Å². The van der Waals surface area contributed by atoms with Gasteiger partial charge in [0.25, 0.3) is 11.5 Å². The number of fused-ring (bicyclic) bond motifs is 1. The van der Waals surface area contributed by atoms with Crippen LogP contribution >= 0.6 is 0 Å². The molecule has 4 heterocycles. The second kappa shape index (κ2) is 8.88. The molecule has 0 bridgehead atoms. The van der Waals surface area contributed by atoms with Crippen LogP contribution in [0.15, 0.2) is 17.1 Å². The molecule has 2 amide bonds. The normalized spacial score (nSPS) is 21.6. The van der Waals surface area contributed by atoms with E-state index in [9.17, 15) is 14.4 Å². The number of rotatable bonds is 4. The summed E-state index contributed by atoms with van der Waals surface area (Å²) in [5.41, 5.74) is 1.58. The van der Waals surface area contributed by atoms with Crippen LogP contribution in [0, 0.1) is 5.92 Å². The van der Waals surface area contributed by atoms with Crippen molar-refractivity contribution in [1.82, 2.24) is 30.0 Å². The van der Waals surface area contributed by atoms with Crippen LogP contribution in [-0.2, 0) is 17.8 Å². The van der Waals surface area contributed by atoms with E-state index in [1.807, 2.05) is 4.90 Å². The lowest BCUT2D eigenvalue weighted by atomic mass is 9.86. The Kier molecular flexibility index (Phi) is 5.80. The Morgan fingerprint density at radius 2 is 1.94 bits per heavy atom. The fraction of sp³-hybridized carbons (Fsp3) is 0.609. The molecule has 2 aromatic rings. The van der Waals surface area contributed by atoms with Crippen molar-refractivity contribution in [2.24, 2.45) is 5.92 Å². The van der Waals surface area contributed by atoms with Gasteiger partial charge in [-0.05, 0) is 37.7 Å². The largest absolute Gasteiger partial charge is 0.338 e. The molecule has 5 rings (SSSR count). The number of aromatic amines is 2. The molecule has 3 aliphatic rings. The van der Waals surface area contributed by atoms with Crippen LogP contribution in [0.1, 0.15) is 85.0 Å². The summed E-state index contributed by atoms with van der Waals surface area (Å²) in [5, 5.41) is 6.58. The molecule has 2 fully saturated rings. The minimum absolute atomic E-state index is 0.134. The van der Waals surface area contributed by atoms with Gasteiger partial charge >= 0.3 is 0 Å². The number of nitrogens with one attached hydrogen (secondary N) is 2. The van der Waals surface area contributed by atoms with E-state index >= 15 is 0 Å². The van der Waals surface area contributed by atoms with Crippen molar-refractivity contribution >= 4 is 11.8 Å². The summed E-state index contributed by atoms with van der Waals surface area (Å²) in [6.07, 6.45) is 10.3. The third-order valence-corrected chi connectivity index (χ3v) is 7.19. The molecule has 1 atom stereocenters. The Morgan fingerprint density at radius 3 is 2.72 bits per heavy atom. The van der Waals surface area contributed by atoms with Crippen molar-refractivity contribution < 1.29 is 9.59 Å². The average Bonchev–Trinajstić information content (AvgIpc) is 3.51.